The minimum atomic E-state index is 0.116. The van der Waals surface area contributed by atoms with Crippen LogP contribution in [0.1, 0.15) is 12.5 Å². The molecule has 0 spiro atoms. The summed E-state index contributed by atoms with van der Waals surface area (Å²) in [4.78, 5) is 0.498. The Labute approximate surface area is 90.1 Å². The smallest absolute Gasteiger partial charge is 0.119 e. The van der Waals surface area contributed by atoms with Crippen LogP contribution in [0.3, 0.4) is 0 Å². The number of thiocarbonyl (C=S) groups is 1. The van der Waals surface area contributed by atoms with Gasteiger partial charge in [-0.3, -0.25) is 0 Å². The maximum Gasteiger partial charge on any atom is 0.119 e. The van der Waals surface area contributed by atoms with Gasteiger partial charge >= 0.3 is 0 Å². The molecule has 0 saturated carbocycles. The Morgan fingerprint density at radius 1 is 1.57 bits per heavy atom. The Bertz CT molecular complexity index is 325. The molecule has 2 nitrogen and oxygen atoms in total. The highest BCUT2D eigenvalue weighted by molar-refractivity contribution is 7.80. The van der Waals surface area contributed by atoms with E-state index in [-0.39, 0.29) is 5.92 Å². The van der Waals surface area contributed by atoms with Crippen LogP contribution in [-0.2, 0) is 0 Å². The van der Waals surface area contributed by atoms with E-state index in [2.05, 4.69) is 0 Å². The van der Waals surface area contributed by atoms with Crippen LogP contribution < -0.4 is 10.5 Å². The number of hydrogen-bond acceptors (Lipinski definition) is 2. The summed E-state index contributed by atoms with van der Waals surface area (Å²) in [6, 6.07) is 7.92. The Balaban J connectivity index is 2.49. The molecule has 76 valence electrons. The molecule has 0 fully saturated rings. The van der Waals surface area contributed by atoms with Crippen molar-refractivity contribution in [2.75, 3.05) is 6.61 Å². The lowest BCUT2D eigenvalue weighted by Crippen LogP contribution is -2.23. The summed E-state index contributed by atoms with van der Waals surface area (Å²) in [6.07, 6.45) is 0. The number of nitrogens with two attached hydrogens (primary N) is 1. The molecule has 0 bridgehead atoms. The molecule has 0 aromatic heterocycles. The normalized spacial score (nSPS) is 12.1. The van der Waals surface area contributed by atoms with Gasteiger partial charge in [0, 0.05) is 5.92 Å². The summed E-state index contributed by atoms with van der Waals surface area (Å²) in [5.74, 6) is 0.985. The van der Waals surface area contributed by atoms with E-state index < -0.39 is 0 Å². The second-order valence-electron chi connectivity index (χ2n) is 3.43. The summed E-state index contributed by atoms with van der Waals surface area (Å²) < 4.78 is 5.54. The summed E-state index contributed by atoms with van der Waals surface area (Å²) in [5.41, 5.74) is 6.67. The van der Waals surface area contributed by atoms with Crippen LogP contribution >= 0.6 is 12.2 Å². The van der Waals surface area contributed by atoms with Gasteiger partial charge < -0.3 is 10.5 Å². The molecule has 1 aromatic rings. The van der Waals surface area contributed by atoms with Crippen molar-refractivity contribution in [1.29, 1.82) is 0 Å². The molecule has 0 saturated heterocycles. The Morgan fingerprint density at radius 3 is 2.86 bits per heavy atom. The van der Waals surface area contributed by atoms with Crippen LogP contribution in [-0.4, -0.2) is 11.6 Å². The number of benzene rings is 1. The number of aryl methyl sites for hydroxylation is 1. The van der Waals surface area contributed by atoms with E-state index in [0.29, 0.717) is 11.6 Å². The first-order valence-electron chi connectivity index (χ1n) is 4.58. The second-order valence-corrected chi connectivity index (χ2v) is 3.90. The molecule has 2 N–H and O–H groups in total. The van der Waals surface area contributed by atoms with Crippen molar-refractivity contribution in [3.05, 3.63) is 29.8 Å². The molecular weight excluding hydrogens is 194 g/mol. The summed E-state index contributed by atoms with van der Waals surface area (Å²) >= 11 is 4.86. The maximum atomic E-state index is 5.54. The molecule has 1 unspecified atom stereocenters. The third-order valence-corrected chi connectivity index (χ3v) is 2.38. The quantitative estimate of drug-likeness (QED) is 0.773. The molecule has 0 amide bonds. The van der Waals surface area contributed by atoms with E-state index in [1.165, 1.54) is 5.56 Å². The molecule has 14 heavy (non-hydrogen) atoms. The minimum absolute atomic E-state index is 0.116. The van der Waals surface area contributed by atoms with E-state index in [1.807, 2.05) is 38.1 Å². The van der Waals surface area contributed by atoms with Gasteiger partial charge in [-0.15, -0.1) is 0 Å². The summed E-state index contributed by atoms with van der Waals surface area (Å²) in [7, 11) is 0. The lowest BCUT2D eigenvalue weighted by atomic mass is 10.2. The van der Waals surface area contributed by atoms with E-state index in [9.17, 15) is 0 Å². The molecule has 3 heteroatoms. The Kier molecular flexibility index (Phi) is 3.89. The lowest BCUT2D eigenvalue weighted by Gasteiger charge is -2.11. The molecule has 0 heterocycles. The molecule has 1 aromatic carbocycles. The highest BCUT2D eigenvalue weighted by atomic mass is 32.1. The zero-order valence-electron chi connectivity index (χ0n) is 8.49. The summed E-state index contributed by atoms with van der Waals surface area (Å²) in [6.45, 7) is 4.53. The Hall–Kier alpha value is -1.09. The fraction of sp³-hybridized carbons (Fsp3) is 0.364. The van der Waals surface area contributed by atoms with Crippen LogP contribution in [0.15, 0.2) is 24.3 Å². The number of hydrogen-bond donors (Lipinski definition) is 1. The fourth-order valence-corrected chi connectivity index (χ4v) is 1.08. The van der Waals surface area contributed by atoms with E-state index in [4.69, 9.17) is 22.7 Å². The third-order valence-electron chi connectivity index (χ3n) is 1.98. The second kappa shape index (κ2) is 4.96. The van der Waals surface area contributed by atoms with Crippen molar-refractivity contribution in [3.8, 4) is 5.75 Å². The molecule has 1 atom stereocenters. The van der Waals surface area contributed by atoms with Gasteiger partial charge in [0.05, 0.1) is 11.6 Å². The lowest BCUT2D eigenvalue weighted by molar-refractivity contribution is 0.293. The van der Waals surface area contributed by atoms with Gasteiger partial charge in [0.1, 0.15) is 5.75 Å². The van der Waals surface area contributed by atoms with Gasteiger partial charge in [-0.1, -0.05) is 31.3 Å². The highest BCUT2D eigenvalue weighted by Gasteiger charge is 2.05. The molecular formula is C11H15NOS. The maximum absolute atomic E-state index is 5.54. The largest absolute Gasteiger partial charge is 0.493 e. The SMILES string of the molecule is Cc1cccc(OCC(C)C(N)=S)c1. The minimum Gasteiger partial charge on any atom is -0.493 e. The molecule has 1 rings (SSSR count). The van der Waals surface area contributed by atoms with Gasteiger partial charge in [-0.05, 0) is 24.6 Å². The van der Waals surface area contributed by atoms with Crippen molar-refractivity contribution >= 4 is 17.2 Å². The van der Waals surface area contributed by atoms with Gasteiger partial charge in [0.25, 0.3) is 0 Å². The van der Waals surface area contributed by atoms with Crippen LogP contribution in [0.2, 0.25) is 0 Å². The molecule has 0 aliphatic heterocycles. The average Bonchev–Trinajstić information content (AvgIpc) is 2.14. The van der Waals surface area contributed by atoms with Crippen molar-refractivity contribution in [2.45, 2.75) is 13.8 Å². The summed E-state index contributed by atoms with van der Waals surface area (Å²) in [5, 5.41) is 0. The van der Waals surface area contributed by atoms with Gasteiger partial charge in [-0.2, -0.15) is 0 Å². The van der Waals surface area contributed by atoms with E-state index in [0.717, 1.165) is 5.75 Å². The number of ether oxygens (including phenoxy) is 1. The van der Waals surface area contributed by atoms with Crippen LogP contribution in [0, 0.1) is 12.8 Å². The average molecular weight is 209 g/mol. The first kappa shape index (κ1) is 11.0. The molecule has 0 aliphatic carbocycles. The van der Waals surface area contributed by atoms with Gasteiger partial charge in [-0.25, -0.2) is 0 Å². The zero-order chi connectivity index (χ0) is 10.6. The highest BCUT2D eigenvalue weighted by Crippen LogP contribution is 2.13. The van der Waals surface area contributed by atoms with Crippen LogP contribution in [0.5, 0.6) is 5.75 Å². The zero-order valence-corrected chi connectivity index (χ0v) is 9.30. The van der Waals surface area contributed by atoms with E-state index >= 15 is 0 Å². The van der Waals surface area contributed by atoms with E-state index in [1.54, 1.807) is 0 Å². The first-order valence-corrected chi connectivity index (χ1v) is 4.99. The predicted octanol–water partition coefficient (Wildman–Crippen LogP) is 2.30. The Morgan fingerprint density at radius 2 is 2.29 bits per heavy atom. The topological polar surface area (TPSA) is 35.2 Å². The first-order chi connectivity index (χ1) is 6.59. The van der Waals surface area contributed by atoms with Crippen LogP contribution in [0.4, 0.5) is 0 Å². The van der Waals surface area contributed by atoms with Crippen LogP contribution in [0.25, 0.3) is 0 Å². The van der Waals surface area contributed by atoms with Crippen molar-refractivity contribution in [2.24, 2.45) is 11.7 Å². The fourth-order valence-electron chi connectivity index (χ4n) is 1.01. The molecule has 0 aliphatic rings. The standard InChI is InChI=1S/C11H15NOS/c1-8-4-3-5-10(6-8)13-7-9(2)11(12)14/h3-6,9H,7H2,1-2H3,(H2,12,14). The third kappa shape index (κ3) is 3.34. The van der Waals surface area contributed by atoms with Crippen molar-refractivity contribution in [3.63, 3.8) is 0 Å². The monoisotopic (exact) mass is 209 g/mol. The van der Waals surface area contributed by atoms with Crippen molar-refractivity contribution in [1.82, 2.24) is 0 Å². The predicted molar refractivity (Wildman–Crippen MR) is 62.6 cm³/mol. The molecule has 0 radical (unpaired) electrons. The van der Waals surface area contributed by atoms with Gasteiger partial charge in [0.2, 0.25) is 0 Å². The van der Waals surface area contributed by atoms with Gasteiger partial charge in [0.15, 0.2) is 0 Å². The van der Waals surface area contributed by atoms with Crippen molar-refractivity contribution < 1.29 is 4.74 Å². The number of rotatable bonds is 4.